The lowest BCUT2D eigenvalue weighted by atomic mass is 9.87. The van der Waals surface area contributed by atoms with Crippen LogP contribution in [0.3, 0.4) is 0 Å². The van der Waals surface area contributed by atoms with Gasteiger partial charge in [-0.2, -0.15) is 0 Å². The minimum Gasteiger partial charge on any atom is -0.459 e. The van der Waals surface area contributed by atoms with Crippen molar-refractivity contribution in [2.24, 2.45) is 0 Å². The van der Waals surface area contributed by atoms with Crippen molar-refractivity contribution >= 4 is 11.6 Å². The van der Waals surface area contributed by atoms with Gasteiger partial charge < -0.3 is 15.1 Å². The molecule has 1 saturated carbocycles. The summed E-state index contributed by atoms with van der Waals surface area (Å²) >= 11 is 0. The van der Waals surface area contributed by atoms with Crippen LogP contribution in [0.1, 0.15) is 62.6 Å². The molecule has 134 valence electrons. The number of carbonyl (C=O) groups excluding carboxylic acids is 1. The molecule has 0 aliphatic heterocycles. The van der Waals surface area contributed by atoms with E-state index in [0.717, 1.165) is 24.9 Å². The normalized spacial score (nSPS) is 20.9. The molecule has 0 bridgehead atoms. The zero-order valence-corrected chi connectivity index (χ0v) is 15.3. The van der Waals surface area contributed by atoms with Crippen molar-refractivity contribution in [2.45, 2.75) is 64.0 Å². The molecule has 1 heterocycles. The van der Waals surface area contributed by atoms with Crippen molar-refractivity contribution in [3.05, 3.63) is 54.0 Å². The highest BCUT2D eigenvalue weighted by molar-refractivity contribution is 5.91. The zero-order valence-electron chi connectivity index (χ0n) is 15.3. The lowest BCUT2D eigenvalue weighted by Gasteiger charge is -2.33. The average molecular weight is 340 g/mol. The Kier molecular flexibility index (Phi) is 5.16. The predicted molar refractivity (Wildman–Crippen MR) is 101 cm³/mol. The molecule has 1 aromatic heterocycles. The predicted octanol–water partition coefficient (Wildman–Crippen LogP) is 4.73. The van der Waals surface area contributed by atoms with E-state index < -0.39 is 0 Å². The minimum atomic E-state index is -0.133. The number of furan rings is 1. The summed E-state index contributed by atoms with van der Waals surface area (Å²) in [7, 11) is 0. The summed E-state index contributed by atoms with van der Waals surface area (Å²) in [6.07, 6.45) is 5.91. The molecule has 1 amide bonds. The van der Waals surface area contributed by atoms with E-state index in [1.165, 1.54) is 18.2 Å². The number of hydrogen-bond acceptors (Lipinski definition) is 3. The Labute approximate surface area is 150 Å². The molecule has 4 nitrogen and oxygen atoms in total. The Balaban J connectivity index is 1.66. The van der Waals surface area contributed by atoms with E-state index in [-0.39, 0.29) is 23.4 Å². The van der Waals surface area contributed by atoms with Crippen molar-refractivity contribution < 1.29 is 9.21 Å². The van der Waals surface area contributed by atoms with Crippen LogP contribution in [0.2, 0.25) is 0 Å². The van der Waals surface area contributed by atoms with Crippen LogP contribution in [-0.2, 0) is 5.41 Å². The fraction of sp³-hybridized carbons (Fsp3) is 0.476. The fourth-order valence-corrected chi connectivity index (χ4v) is 3.40. The maximum atomic E-state index is 12.3. The first-order valence-corrected chi connectivity index (χ1v) is 9.15. The van der Waals surface area contributed by atoms with Crippen LogP contribution in [0.25, 0.3) is 0 Å². The van der Waals surface area contributed by atoms with Crippen molar-refractivity contribution in [3.63, 3.8) is 0 Å². The maximum Gasteiger partial charge on any atom is 0.287 e. The number of anilines is 1. The molecule has 0 unspecified atom stereocenters. The fourth-order valence-electron chi connectivity index (χ4n) is 3.40. The van der Waals surface area contributed by atoms with Gasteiger partial charge in [0.25, 0.3) is 5.91 Å². The Morgan fingerprint density at radius 3 is 2.32 bits per heavy atom. The van der Waals surface area contributed by atoms with Gasteiger partial charge in [0, 0.05) is 17.8 Å². The molecule has 2 N–H and O–H groups in total. The number of benzene rings is 1. The SMILES string of the molecule is CC(C)(C)c1ccc(N[C@H]2CCCC[C@H]2NC(=O)c2ccco2)cc1. The van der Waals surface area contributed by atoms with Crippen molar-refractivity contribution in [2.75, 3.05) is 5.32 Å². The molecule has 1 aliphatic carbocycles. The molecule has 0 spiro atoms. The van der Waals surface area contributed by atoms with Crippen LogP contribution >= 0.6 is 0 Å². The lowest BCUT2D eigenvalue weighted by Crippen LogP contribution is -2.48. The molecule has 25 heavy (non-hydrogen) atoms. The van der Waals surface area contributed by atoms with Crippen LogP contribution < -0.4 is 10.6 Å². The van der Waals surface area contributed by atoms with Gasteiger partial charge in [0.15, 0.2) is 5.76 Å². The van der Waals surface area contributed by atoms with Gasteiger partial charge in [0.2, 0.25) is 0 Å². The van der Waals surface area contributed by atoms with Gasteiger partial charge in [-0.1, -0.05) is 45.7 Å². The quantitative estimate of drug-likeness (QED) is 0.846. The highest BCUT2D eigenvalue weighted by atomic mass is 16.3. The van der Waals surface area contributed by atoms with E-state index in [2.05, 4.69) is 55.7 Å². The number of hydrogen-bond donors (Lipinski definition) is 2. The molecular weight excluding hydrogens is 312 g/mol. The number of rotatable bonds is 4. The van der Waals surface area contributed by atoms with Crippen LogP contribution in [0, 0.1) is 0 Å². The molecule has 1 aromatic carbocycles. The molecule has 0 saturated heterocycles. The Bertz CT molecular complexity index is 684. The van der Waals surface area contributed by atoms with E-state index in [4.69, 9.17) is 4.42 Å². The number of carbonyl (C=O) groups is 1. The van der Waals surface area contributed by atoms with E-state index >= 15 is 0 Å². The molecule has 2 aromatic rings. The lowest BCUT2D eigenvalue weighted by molar-refractivity contribution is 0.0895. The van der Waals surface area contributed by atoms with Gasteiger partial charge in [-0.25, -0.2) is 0 Å². The van der Waals surface area contributed by atoms with Crippen molar-refractivity contribution in [1.82, 2.24) is 5.32 Å². The third-order valence-corrected chi connectivity index (χ3v) is 4.93. The topological polar surface area (TPSA) is 54.3 Å². The average Bonchev–Trinajstić information content (AvgIpc) is 3.11. The van der Waals surface area contributed by atoms with Gasteiger partial charge in [-0.05, 0) is 48.1 Å². The monoisotopic (exact) mass is 340 g/mol. The molecule has 1 fully saturated rings. The Morgan fingerprint density at radius 2 is 1.72 bits per heavy atom. The van der Waals surface area contributed by atoms with Crippen molar-refractivity contribution in [1.29, 1.82) is 0 Å². The standard InChI is InChI=1S/C21H28N2O2/c1-21(2,3)15-10-12-16(13-11-15)22-17-7-4-5-8-18(17)23-20(24)19-9-6-14-25-19/h6,9-14,17-18,22H,4-5,7-8H2,1-3H3,(H,23,24)/t17-,18+/m0/s1. The zero-order chi connectivity index (χ0) is 17.9. The maximum absolute atomic E-state index is 12.3. The van der Waals surface area contributed by atoms with Gasteiger partial charge in [0.1, 0.15) is 0 Å². The van der Waals surface area contributed by atoms with E-state index in [9.17, 15) is 4.79 Å². The second-order valence-corrected chi connectivity index (χ2v) is 7.92. The number of amides is 1. The molecule has 2 atom stereocenters. The first-order chi connectivity index (χ1) is 11.9. The second kappa shape index (κ2) is 7.34. The van der Waals surface area contributed by atoms with Crippen LogP contribution in [0.4, 0.5) is 5.69 Å². The van der Waals surface area contributed by atoms with Crippen LogP contribution in [0.5, 0.6) is 0 Å². The summed E-state index contributed by atoms with van der Waals surface area (Å²) in [5.74, 6) is 0.241. The first kappa shape index (κ1) is 17.6. The summed E-state index contributed by atoms with van der Waals surface area (Å²) in [5.41, 5.74) is 2.59. The molecule has 0 radical (unpaired) electrons. The number of nitrogens with one attached hydrogen (secondary N) is 2. The van der Waals surface area contributed by atoms with Crippen molar-refractivity contribution in [3.8, 4) is 0 Å². The molecule has 1 aliphatic rings. The van der Waals surface area contributed by atoms with Gasteiger partial charge in [-0.3, -0.25) is 4.79 Å². The first-order valence-electron chi connectivity index (χ1n) is 9.15. The van der Waals surface area contributed by atoms with E-state index in [0.29, 0.717) is 5.76 Å². The highest BCUT2D eigenvalue weighted by Gasteiger charge is 2.27. The Morgan fingerprint density at radius 1 is 1.04 bits per heavy atom. The van der Waals surface area contributed by atoms with Crippen LogP contribution in [0.15, 0.2) is 47.1 Å². The van der Waals surface area contributed by atoms with E-state index in [1.807, 2.05) is 0 Å². The third kappa shape index (κ3) is 4.44. The smallest absolute Gasteiger partial charge is 0.287 e. The van der Waals surface area contributed by atoms with Crippen LogP contribution in [-0.4, -0.2) is 18.0 Å². The molecule has 4 heteroatoms. The minimum absolute atomic E-state index is 0.119. The summed E-state index contributed by atoms with van der Waals surface area (Å²) in [5, 5.41) is 6.75. The summed E-state index contributed by atoms with van der Waals surface area (Å²) in [6.45, 7) is 6.66. The molecular formula is C21H28N2O2. The van der Waals surface area contributed by atoms with Gasteiger partial charge in [-0.15, -0.1) is 0 Å². The summed E-state index contributed by atoms with van der Waals surface area (Å²) in [4.78, 5) is 12.3. The summed E-state index contributed by atoms with van der Waals surface area (Å²) in [6, 6.07) is 12.4. The molecule has 3 rings (SSSR count). The highest BCUT2D eigenvalue weighted by Crippen LogP contribution is 2.26. The van der Waals surface area contributed by atoms with Gasteiger partial charge >= 0.3 is 0 Å². The largest absolute Gasteiger partial charge is 0.459 e. The summed E-state index contributed by atoms with van der Waals surface area (Å²) < 4.78 is 5.20. The second-order valence-electron chi connectivity index (χ2n) is 7.92. The van der Waals surface area contributed by atoms with Gasteiger partial charge in [0.05, 0.1) is 6.26 Å². The van der Waals surface area contributed by atoms with E-state index in [1.54, 1.807) is 12.1 Å². The Hall–Kier alpha value is -2.23. The third-order valence-electron chi connectivity index (χ3n) is 4.93.